The van der Waals surface area contributed by atoms with E-state index in [-0.39, 0.29) is 0 Å². The first-order valence-electron chi connectivity index (χ1n) is 9.60. The van der Waals surface area contributed by atoms with Gasteiger partial charge in [0.25, 0.3) is 0 Å². The maximum atomic E-state index is 10.6. The van der Waals surface area contributed by atoms with E-state index in [4.69, 9.17) is 0 Å². The number of unbranched alkanes of at least 4 members (excludes halogenated alkanes) is 4. The fourth-order valence-corrected chi connectivity index (χ4v) is 3.55. The van der Waals surface area contributed by atoms with Crippen molar-refractivity contribution in [3.63, 3.8) is 0 Å². The van der Waals surface area contributed by atoms with Crippen LogP contribution in [0.15, 0.2) is 41.7 Å². The van der Waals surface area contributed by atoms with Crippen molar-refractivity contribution in [1.29, 1.82) is 0 Å². The standard InChI is InChI=1S/C12H21N3S.C9H11NOS/c1-3-4-5-6-7-8-16-12-10-14-11(13-2)9-15-12;1-10(12-2)9-6-4-3-5-8(9)7-11/h9-10H,3-8H2,1-2H3,(H,13,14);3-7H,1-2H3. The van der Waals surface area contributed by atoms with Crippen LogP contribution in [0.2, 0.25) is 0 Å². The van der Waals surface area contributed by atoms with Crippen LogP contribution in [0.25, 0.3) is 0 Å². The van der Waals surface area contributed by atoms with Crippen LogP contribution in [0.4, 0.5) is 11.5 Å². The van der Waals surface area contributed by atoms with Crippen LogP contribution >= 0.6 is 23.7 Å². The molecule has 154 valence electrons. The number of thioether (sulfide) groups is 1. The van der Waals surface area contributed by atoms with Gasteiger partial charge in [-0.05, 0) is 24.3 Å². The van der Waals surface area contributed by atoms with Crippen molar-refractivity contribution in [1.82, 2.24) is 9.97 Å². The van der Waals surface area contributed by atoms with Crippen LogP contribution < -0.4 is 9.62 Å². The second kappa shape index (κ2) is 15.2. The van der Waals surface area contributed by atoms with Crippen molar-refractivity contribution in [3.05, 3.63) is 42.2 Å². The Bertz CT molecular complexity index is 668. The summed E-state index contributed by atoms with van der Waals surface area (Å²) in [5, 5.41) is 3.98. The number of rotatable bonds is 11. The van der Waals surface area contributed by atoms with Gasteiger partial charge in [0.1, 0.15) is 10.8 Å². The molecule has 0 radical (unpaired) electrons. The summed E-state index contributed by atoms with van der Waals surface area (Å²) in [6.45, 7) is 2.24. The minimum absolute atomic E-state index is 0.731. The normalized spacial score (nSPS) is 10.0. The van der Waals surface area contributed by atoms with E-state index in [1.54, 1.807) is 29.9 Å². The van der Waals surface area contributed by atoms with Crippen LogP contribution in [0.5, 0.6) is 0 Å². The first-order chi connectivity index (χ1) is 13.7. The number of para-hydroxylation sites is 1. The predicted molar refractivity (Wildman–Crippen MR) is 125 cm³/mol. The molecule has 7 heteroatoms. The second-order valence-corrected chi connectivity index (χ2v) is 8.14. The highest BCUT2D eigenvalue weighted by atomic mass is 32.2. The smallest absolute Gasteiger partial charge is 0.152 e. The first-order valence-corrected chi connectivity index (χ1v) is 11.8. The average Bonchev–Trinajstić information content (AvgIpc) is 2.76. The quantitative estimate of drug-likeness (QED) is 0.213. The molecule has 0 fully saturated rings. The summed E-state index contributed by atoms with van der Waals surface area (Å²) in [5.41, 5.74) is 1.69. The minimum atomic E-state index is 0.731. The minimum Gasteiger partial charge on any atom is -0.372 e. The van der Waals surface area contributed by atoms with Gasteiger partial charge >= 0.3 is 0 Å². The molecule has 0 bridgehead atoms. The molecule has 5 nitrogen and oxygen atoms in total. The van der Waals surface area contributed by atoms with Crippen molar-refractivity contribution in [2.45, 2.75) is 44.1 Å². The van der Waals surface area contributed by atoms with Crippen LogP contribution in [0.3, 0.4) is 0 Å². The van der Waals surface area contributed by atoms with Gasteiger partial charge in [-0.2, -0.15) is 0 Å². The van der Waals surface area contributed by atoms with Gasteiger partial charge in [-0.3, -0.25) is 4.79 Å². The van der Waals surface area contributed by atoms with Crippen molar-refractivity contribution >= 4 is 41.5 Å². The lowest BCUT2D eigenvalue weighted by Gasteiger charge is -2.16. The zero-order valence-corrected chi connectivity index (χ0v) is 19.0. The lowest BCUT2D eigenvalue weighted by atomic mass is 10.2. The predicted octanol–water partition coefficient (Wildman–Crippen LogP) is 5.79. The van der Waals surface area contributed by atoms with E-state index in [0.717, 1.165) is 34.1 Å². The van der Waals surface area contributed by atoms with E-state index in [0.29, 0.717) is 0 Å². The van der Waals surface area contributed by atoms with E-state index in [1.165, 1.54) is 32.1 Å². The van der Waals surface area contributed by atoms with Crippen molar-refractivity contribution in [3.8, 4) is 0 Å². The van der Waals surface area contributed by atoms with Crippen molar-refractivity contribution < 1.29 is 4.79 Å². The van der Waals surface area contributed by atoms with Gasteiger partial charge in [-0.1, -0.05) is 56.7 Å². The maximum Gasteiger partial charge on any atom is 0.152 e. The largest absolute Gasteiger partial charge is 0.372 e. The fraction of sp³-hybridized carbons (Fsp3) is 0.476. The zero-order chi connectivity index (χ0) is 20.6. The Balaban J connectivity index is 0.000000292. The lowest BCUT2D eigenvalue weighted by Crippen LogP contribution is -2.07. The third kappa shape index (κ3) is 9.46. The van der Waals surface area contributed by atoms with Gasteiger partial charge in [-0.25, -0.2) is 9.97 Å². The molecule has 0 spiro atoms. The highest BCUT2D eigenvalue weighted by Crippen LogP contribution is 2.21. The Morgan fingerprint density at radius 3 is 2.46 bits per heavy atom. The van der Waals surface area contributed by atoms with Gasteiger partial charge in [0.05, 0.1) is 18.1 Å². The molecule has 0 saturated carbocycles. The van der Waals surface area contributed by atoms with Gasteiger partial charge in [0.2, 0.25) is 0 Å². The lowest BCUT2D eigenvalue weighted by molar-refractivity contribution is 0.112. The molecule has 1 aromatic carbocycles. The number of aromatic nitrogens is 2. The Kier molecular flexibility index (Phi) is 13.2. The van der Waals surface area contributed by atoms with Crippen LogP contribution in [0.1, 0.15) is 49.4 Å². The molecular weight excluding hydrogens is 388 g/mol. The molecule has 1 aromatic heterocycles. The number of carbonyl (C=O) groups is 1. The molecule has 1 N–H and O–H groups in total. The Labute approximate surface area is 178 Å². The van der Waals surface area contributed by atoms with E-state index < -0.39 is 0 Å². The van der Waals surface area contributed by atoms with Crippen LogP contribution in [-0.2, 0) is 0 Å². The molecule has 0 unspecified atom stereocenters. The van der Waals surface area contributed by atoms with Gasteiger partial charge in [-0.15, -0.1) is 11.8 Å². The molecular formula is C21H32N4OS2. The van der Waals surface area contributed by atoms with Crippen LogP contribution in [0, 0.1) is 0 Å². The number of hydrogen-bond acceptors (Lipinski definition) is 7. The maximum absolute atomic E-state index is 10.6. The summed E-state index contributed by atoms with van der Waals surface area (Å²) in [4.78, 5) is 19.2. The van der Waals surface area contributed by atoms with E-state index in [1.807, 2.05) is 55.1 Å². The SMILES string of the molecule is CCCCCCCSc1cnc(NC)cn1.CSN(C)c1ccccc1C=O. The van der Waals surface area contributed by atoms with Gasteiger partial charge in [0, 0.05) is 25.9 Å². The number of hydrogen-bond donors (Lipinski definition) is 1. The summed E-state index contributed by atoms with van der Waals surface area (Å²) in [6, 6.07) is 7.53. The monoisotopic (exact) mass is 420 g/mol. The highest BCUT2D eigenvalue weighted by Gasteiger charge is 2.03. The third-order valence-electron chi connectivity index (χ3n) is 4.06. The first kappa shape index (κ1) is 24.3. The molecule has 0 saturated heterocycles. The molecule has 0 amide bonds. The summed E-state index contributed by atoms with van der Waals surface area (Å²) >= 11 is 3.38. The zero-order valence-electron chi connectivity index (χ0n) is 17.4. The summed E-state index contributed by atoms with van der Waals surface area (Å²) in [6.07, 6.45) is 13.1. The van der Waals surface area contributed by atoms with Gasteiger partial charge < -0.3 is 9.62 Å². The highest BCUT2D eigenvalue weighted by molar-refractivity contribution is 8.00. The number of aldehydes is 1. The molecule has 1 heterocycles. The molecule has 0 aliphatic carbocycles. The number of benzene rings is 1. The van der Waals surface area contributed by atoms with Crippen molar-refractivity contribution in [2.75, 3.05) is 35.7 Å². The number of carbonyl (C=O) groups excluding carboxylic acids is 1. The topological polar surface area (TPSA) is 58.1 Å². The number of anilines is 2. The molecule has 0 aliphatic heterocycles. The Morgan fingerprint density at radius 2 is 1.86 bits per heavy atom. The van der Waals surface area contributed by atoms with E-state index in [9.17, 15) is 4.79 Å². The number of nitrogens with zero attached hydrogens (tertiary/aromatic N) is 3. The van der Waals surface area contributed by atoms with Gasteiger partial charge in [0.15, 0.2) is 6.29 Å². The second-order valence-electron chi connectivity index (χ2n) is 6.11. The Morgan fingerprint density at radius 1 is 1.11 bits per heavy atom. The third-order valence-corrected chi connectivity index (χ3v) is 5.80. The van der Waals surface area contributed by atoms with Crippen molar-refractivity contribution in [2.24, 2.45) is 0 Å². The van der Waals surface area contributed by atoms with E-state index in [2.05, 4.69) is 22.2 Å². The summed E-state index contributed by atoms with van der Waals surface area (Å²) in [5.74, 6) is 1.98. The molecule has 0 aliphatic rings. The number of nitrogens with one attached hydrogen (secondary N) is 1. The summed E-state index contributed by atoms with van der Waals surface area (Å²) in [7, 11) is 3.79. The fourth-order valence-electron chi connectivity index (χ4n) is 2.37. The molecule has 2 rings (SSSR count). The molecule has 28 heavy (non-hydrogen) atoms. The molecule has 2 aromatic rings. The average molecular weight is 421 g/mol. The Hall–Kier alpha value is -1.73. The van der Waals surface area contributed by atoms with E-state index >= 15 is 0 Å². The molecule has 0 atom stereocenters. The summed E-state index contributed by atoms with van der Waals surface area (Å²) < 4.78 is 1.96. The van der Waals surface area contributed by atoms with Crippen LogP contribution in [-0.4, -0.2) is 42.4 Å².